The summed E-state index contributed by atoms with van der Waals surface area (Å²) in [5, 5.41) is 6.70. The Morgan fingerprint density at radius 3 is 2.56 bits per heavy atom. The predicted octanol–water partition coefficient (Wildman–Crippen LogP) is 2.61. The lowest BCUT2D eigenvalue weighted by molar-refractivity contribution is 0.102. The molecule has 8 nitrogen and oxygen atoms in total. The van der Waals surface area contributed by atoms with Crippen molar-refractivity contribution in [3.05, 3.63) is 76.7 Å². The van der Waals surface area contributed by atoms with Gasteiger partial charge in [0.25, 0.3) is 5.91 Å². The summed E-state index contributed by atoms with van der Waals surface area (Å²) in [4.78, 5) is 29.0. The maximum atomic E-state index is 12.6. The van der Waals surface area contributed by atoms with E-state index in [1.807, 2.05) is 30.3 Å². The quantitative estimate of drug-likeness (QED) is 0.599. The zero-order valence-corrected chi connectivity index (χ0v) is 14.2. The molecule has 4 rings (SSSR count). The number of nitrogens with zero attached hydrogens (tertiary/aromatic N) is 3. The Balaban J connectivity index is 1.65. The standard InChI is InChI=1S/C19H14N4O4/c1-26-14-9-7-12(8-10-14)16(24)21-15-11-20-19-23(18(15)25)22-17(27-19)13-5-3-2-4-6-13/h2-11H,1H3,(H,21,24). The van der Waals surface area contributed by atoms with Crippen LogP contribution in [-0.4, -0.2) is 27.6 Å². The second-order valence-electron chi connectivity index (χ2n) is 5.63. The van der Waals surface area contributed by atoms with Crippen LogP contribution in [-0.2, 0) is 0 Å². The molecule has 0 saturated heterocycles. The molecule has 0 bridgehead atoms. The first-order valence-corrected chi connectivity index (χ1v) is 8.05. The van der Waals surface area contributed by atoms with Gasteiger partial charge in [-0.25, -0.2) is 4.98 Å². The normalized spacial score (nSPS) is 10.7. The number of aromatic nitrogens is 3. The number of carbonyl (C=O) groups excluding carboxylic acids is 1. The van der Waals surface area contributed by atoms with Crippen LogP contribution in [0.15, 0.2) is 70.0 Å². The Kier molecular flexibility index (Phi) is 4.13. The number of carbonyl (C=O) groups is 1. The van der Waals surface area contributed by atoms with E-state index in [2.05, 4.69) is 15.4 Å². The van der Waals surface area contributed by atoms with Crippen LogP contribution >= 0.6 is 0 Å². The number of ether oxygens (including phenoxy) is 1. The van der Waals surface area contributed by atoms with Crippen LogP contribution in [0.25, 0.3) is 17.3 Å². The topological polar surface area (TPSA) is 98.7 Å². The molecule has 27 heavy (non-hydrogen) atoms. The van der Waals surface area contributed by atoms with Gasteiger partial charge in [-0.2, -0.15) is 0 Å². The molecular weight excluding hydrogens is 348 g/mol. The van der Waals surface area contributed by atoms with Crippen molar-refractivity contribution in [3.8, 4) is 17.2 Å². The Labute approximate surface area is 153 Å². The predicted molar refractivity (Wildman–Crippen MR) is 97.9 cm³/mol. The third-order valence-electron chi connectivity index (χ3n) is 3.91. The smallest absolute Gasteiger partial charge is 0.328 e. The Morgan fingerprint density at radius 1 is 1.11 bits per heavy atom. The Bertz CT molecular complexity index is 1160. The Hall–Kier alpha value is -3.94. The number of hydrogen-bond donors (Lipinski definition) is 1. The number of rotatable bonds is 4. The van der Waals surface area contributed by atoms with Gasteiger partial charge in [-0.05, 0) is 36.4 Å². The van der Waals surface area contributed by atoms with Crippen molar-refractivity contribution in [1.29, 1.82) is 0 Å². The first-order chi connectivity index (χ1) is 13.2. The summed E-state index contributed by atoms with van der Waals surface area (Å²) in [6.07, 6.45) is 1.25. The molecule has 0 aliphatic carbocycles. The lowest BCUT2D eigenvalue weighted by Crippen LogP contribution is -2.23. The van der Waals surface area contributed by atoms with Crippen LogP contribution in [0.2, 0.25) is 0 Å². The number of methoxy groups -OCH3 is 1. The second-order valence-corrected chi connectivity index (χ2v) is 5.63. The largest absolute Gasteiger partial charge is 0.497 e. The van der Waals surface area contributed by atoms with Gasteiger partial charge in [-0.15, -0.1) is 9.61 Å². The van der Waals surface area contributed by atoms with Crippen molar-refractivity contribution >= 4 is 17.4 Å². The van der Waals surface area contributed by atoms with E-state index in [0.717, 1.165) is 4.52 Å². The lowest BCUT2D eigenvalue weighted by atomic mass is 10.2. The number of anilines is 1. The van der Waals surface area contributed by atoms with E-state index in [9.17, 15) is 9.59 Å². The molecule has 2 aromatic heterocycles. The van der Waals surface area contributed by atoms with Crippen LogP contribution in [0, 0.1) is 0 Å². The van der Waals surface area contributed by atoms with Crippen molar-refractivity contribution in [2.45, 2.75) is 0 Å². The molecule has 1 amide bonds. The molecule has 0 spiro atoms. The van der Waals surface area contributed by atoms with Crippen molar-refractivity contribution in [2.24, 2.45) is 0 Å². The molecule has 2 heterocycles. The van der Waals surface area contributed by atoms with E-state index >= 15 is 0 Å². The van der Waals surface area contributed by atoms with Gasteiger partial charge in [0.2, 0.25) is 5.89 Å². The summed E-state index contributed by atoms with van der Waals surface area (Å²) in [5.41, 5.74) is 0.561. The minimum atomic E-state index is -0.534. The highest BCUT2D eigenvalue weighted by Gasteiger charge is 2.15. The molecule has 4 aromatic rings. The maximum Gasteiger partial charge on any atom is 0.328 e. The van der Waals surface area contributed by atoms with Crippen molar-refractivity contribution in [2.75, 3.05) is 12.4 Å². The molecule has 0 radical (unpaired) electrons. The molecule has 134 valence electrons. The lowest BCUT2D eigenvalue weighted by Gasteiger charge is -2.05. The molecule has 8 heteroatoms. The number of benzene rings is 2. The van der Waals surface area contributed by atoms with Gasteiger partial charge < -0.3 is 14.5 Å². The highest BCUT2D eigenvalue weighted by Crippen LogP contribution is 2.18. The monoisotopic (exact) mass is 362 g/mol. The van der Waals surface area contributed by atoms with E-state index in [-0.39, 0.29) is 17.4 Å². The van der Waals surface area contributed by atoms with Gasteiger partial charge in [-0.1, -0.05) is 18.2 Å². The fourth-order valence-corrected chi connectivity index (χ4v) is 2.51. The molecular formula is C19H14N4O4. The summed E-state index contributed by atoms with van der Waals surface area (Å²) in [6, 6.07) is 15.7. The zero-order chi connectivity index (χ0) is 18.8. The van der Waals surface area contributed by atoms with Gasteiger partial charge in [0.1, 0.15) is 11.4 Å². The number of amides is 1. The summed E-state index contributed by atoms with van der Waals surface area (Å²) < 4.78 is 11.6. The summed E-state index contributed by atoms with van der Waals surface area (Å²) in [6.45, 7) is 0. The fraction of sp³-hybridized carbons (Fsp3) is 0.0526. The molecule has 0 atom stereocenters. The van der Waals surface area contributed by atoms with Gasteiger partial charge in [0, 0.05) is 11.1 Å². The minimum Gasteiger partial charge on any atom is -0.497 e. The van der Waals surface area contributed by atoms with Gasteiger partial charge in [0.05, 0.1) is 13.3 Å². The van der Waals surface area contributed by atoms with E-state index in [0.29, 0.717) is 16.9 Å². The third-order valence-corrected chi connectivity index (χ3v) is 3.91. The highest BCUT2D eigenvalue weighted by atomic mass is 16.5. The maximum absolute atomic E-state index is 12.6. The second kappa shape index (κ2) is 6.75. The average molecular weight is 362 g/mol. The van der Waals surface area contributed by atoms with Crippen molar-refractivity contribution in [1.82, 2.24) is 14.6 Å². The molecule has 1 N–H and O–H groups in total. The van der Waals surface area contributed by atoms with Crippen LogP contribution in [0.5, 0.6) is 5.75 Å². The zero-order valence-electron chi connectivity index (χ0n) is 14.2. The van der Waals surface area contributed by atoms with Crippen LogP contribution in [0.3, 0.4) is 0 Å². The fourth-order valence-electron chi connectivity index (χ4n) is 2.51. The first kappa shape index (κ1) is 16.5. The van der Waals surface area contributed by atoms with Gasteiger partial charge in [0.15, 0.2) is 0 Å². The SMILES string of the molecule is COc1ccc(C(=O)Nc2cnc3oc(-c4ccccc4)nn3c2=O)cc1. The highest BCUT2D eigenvalue weighted by molar-refractivity contribution is 6.04. The van der Waals surface area contributed by atoms with Crippen LogP contribution in [0.1, 0.15) is 10.4 Å². The molecule has 0 unspecified atom stereocenters. The number of nitrogens with one attached hydrogen (secondary N) is 1. The van der Waals surface area contributed by atoms with Crippen LogP contribution in [0.4, 0.5) is 5.69 Å². The third kappa shape index (κ3) is 3.15. The van der Waals surface area contributed by atoms with Gasteiger partial charge in [-0.3, -0.25) is 9.59 Å². The van der Waals surface area contributed by atoms with E-state index in [4.69, 9.17) is 9.15 Å². The van der Waals surface area contributed by atoms with E-state index in [1.165, 1.54) is 6.20 Å². The van der Waals surface area contributed by atoms with E-state index in [1.54, 1.807) is 31.4 Å². The first-order valence-electron chi connectivity index (χ1n) is 8.05. The molecule has 0 aliphatic heterocycles. The van der Waals surface area contributed by atoms with Crippen molar-refractivity contribution in [3.63, 3.8) is 0 Å². The Morgan fingerprint density at radius 2 is 1.85 bits per heavy atom. The summed E-state index contributed by atoms with van der Waals surface area (Å²) in [5.74, 6) is 0.495. The van der Waals surface area contributed by atoms with E-state index < -0.39 is 11.5 Å². The molecule has 0 saturated carbocycles. The minimum absolute atomic E-state index is 0.00114. The van der Waals surface area contributed by atoms with Crippen LogP contribution < -0.4 is 15.6 Å². The number of fused-ring (bicyclic) bond motifs is 1. The average Bonchev–Trinajstić information content (AvgIpc) is 3.16. The molecule has 2 aromatic carbocycles. The van der Waals surface area contributed by atoms with Gasteiger partial charge >= 0.3 is 11.4 Å². The molecule has 0 fully saturated rings. The van der Waals surface area contributed by atoms with Crippen molar-refractivity contribution < 1.29 is 13.9 Å². The number of hydrogen-bond acceptors (Lipinski definition) is 6. The summed E-state index contributed by atoms with van der Waals surface area (Å²) >= 11 is 0. The molecule has 0 aliphatic rings. The summed E-state index contributed by atoms with van der Waals surface area (Å²) in [7, 11) is 1.54.